The van der Waals surface area contributed by atoms with E-state index in [1.54, 1.807) is 30.0 Å². The highest BCUT2D eigenvalue weighted by atomic mass is 32.2. The molecule has 0 aliphatic carbocycles. The number of nitrogens with zero attached hydrogens (tertiary/aromatic N) is 1. The fourth-order valence-electron chi connectivity index (χ4n) is 3.24. The topological polar surface area (TPSA) is 79.3 Å². The number of benzene rings is 3. The van der Waals surface area contributed by atoms with Crippen molar-refractivity contribution in [2.45, 2.75) is 17.9 Å². The number of carboxylic acid groups (broad SMARTS) is 1. The molecule has 4 rings (SSSR count). The fourth-order valence-corrected chi connectivity index (χ4v) is 4.71. The van der Waals surface area contributed by atoms with Crippen molar-refractivity contribution in [3.63, 3.8) is 0 Å². The predicted octanol–water partition coefficient (Wildman–Crippen LogP) is 5.24. The zero-order valence-corrected chi connectivity index (χ0v) is 18.4. The molecular formula is C24H20N2O3S2. The summed E-state index contributed by atoms with van der Waals surface area (Å²) in [5.74, 6) is -1.13. The molecule has 1 amide bonds. The molecule has 2 N–H and O–H groups in total. The molecule has 7 heteroatoms. The molecule has 0 fully saturated rings. The zero-order valence-electron chi connectivity index (χ0n) is 16.8. The maximum absolute atomic E-state index is 12.4. The van der Waals surface area contributed by atoms with Gasteiger partial charge < -0.3 is 10.4 Å². The van der Waals surface area contributed by atoms with Crippen LogP contribution in [0.25, 0.3) is 21.3 Å². The second kappa shape index (κ2) is 9.32. The van der Waals surface area contributed by atoms with Crippen molar-refractivity contribution in [3.05, 3.63) is 82.9 Å². The van der Waals surface area contributed by atoms with Crippen LogP contribution in [0.4, 0.5) is 0 Å². The van der Waals surface area contributed by atoms with Crippen LogP contribution in [-0.2, 0) is 17.8 Å². The van der Waals surface area contributed by atoms with Crippen molar-refractivity contribution < 1.29 is 14.7 Å². The van der Waals surface area contributed by atoms with Gasteiger partial charge in [-0.1, -0.05) is 30.3 Å². The number of rotatable bonds is 7. The summed E-state index contributed by atoms with van der Waals surface area (Å²) in [6.07, 6.45) is 2.25. The number of aromatic carboxylic acids is 1. The number of thioether (sulfide) groups is 1. The van der Waals surface area contributed by atoms with E-state index < -0.39 is 5.97 Å². The second-order valence-electron chi connectivity index (χ2n) is 6.98. The summed E-state index contributed by atoms with van der Waals surface area (Å²) in [5.41, 5.74) is 4.12. The summed E-state index contributed by atoms with van der Waals surface area (Å²) in [6.45, 7) is 0.279. The monoisotopic (exact) mass is 448 g/mol. The van der Waals surface area contributed by atoms with Crippen LogP contribution in [0.3, 0.4) is 0 Å². The van der Waals surface area contributed by atoms with Crippen LogP contribution in [0, 0.1) is 0 Å². The summed E-state index contributed by atoms with van der Waals surface area (Å²) >= 11 is 3.23. The lowest BCUT2D eigenvalue weighted by molar-refractivity contribution is -0.120. The van der Waals surface area contributed by atoms with E-state index in [-0.39, 0.29) is 24.4 Å². The van der Waals surface area contributed by atoms with E-state index in [2.05, 4.69) is 53.0 Å². The van der Waals surface area contributed by atoms with Crippen LogP contribution in [0.5, 0.6) is 0 Å². The molecule has 5 nitrogen and oxygen atoms in total. The summed E-state index contributed by atoms with van der Waals surface area (Å²) in [4.78, 5) is 29.3. The largest absolute Gasteiger partial charge is 0.478 e. The van der Waals surface area contributed by atoms with Gasteiger partial charge in [0.1, 0.15) is 5.01 Å². The van der Waals surface area contributed by atoms with E-state index in [0.717, 1.165) is 31.9 Å². The summed E-state index contributed by atoms with van der Waals surface area (Å²) in [7, 11) is 0. The number of thiazole rings is 1. The Kier molecular flexibility index (Phi) is 6.34. The molecule has 3 aromatic carbocycles. The maximum atomic E-state index is 12.4. The van der Waals surface area contributed by atoms with E-state index in [1.165, 1.54) is 22.3 Å². The first kappa shape index (κ1) is 21.1. The van der Waals surface area contributed by atoms with Crippen molar-refractivity contribution in [3.8, 4) is 11.1 Å². The SMILES string of the molecule is CSc1cccc(-c2ccc3nc(CC(=O)NCc4cccc(C(=O)O)c4)sc3c2)c1. The molecule has 1 heterocycles. The number of aromatic nitrogens is 1. The standard InChI is InChI=1S/C24H20N2O3S2/c1-30-19-7-3-5-16(11-19)17-8-9-20-21(12-17)31-23(26-20)13-22(27)25-14-15-4-2-6-18(10-15)24(28)29/h2-12H,13-14H2,1H3,(H,25,27)(H,28,29). The first-order valence-electron chi connectivity index (χ1n) is 9.64. The van der Waals surface area contributed by atoms with Gasteiger partial charge in [0.15, 0.2) is 0 Å². The van der Waals surface area contributed by atoms with Gasteiger partial charge in [-0.25, -0.2) is 9.78 Å². The quantitative estimate of drug-likeness (QED) is 0.378. The number of carboxylic acids is 1. The van der Waals surface area contributed by atoms with Crippen LogP contribution in [0.1, 0.15) is 20.9 Å². The Morgan fingerprint density at radius 2 is 1.84 bits per heavy atom. The smallest absolute Gasteiger partial charge is 0.335 e. The van der Waals surface area contributed by atoms with Gasteiger partial charge >= 0.3 is 5.97 Å². The molecule has 4 aromatic rings. The Labute approximate surface area is 188 Å². The number of hydrogen-bond donors (Lipinski definition) is 2. The molecule has 0 aliphatic rings. The maximum Gasteiger partial charge on any atom is 0.335 e. The van der Waals surface area contributed by atoms with Gasteiger partial charge in [-0.15, -0.1) is 23.1 Å². The minimum absolute atomic E-state index is 0.146. The average molecular weight is 449 g/mol. The Balaban J connectivity index is 1.44. The molecule has 0 saturated heterocycles. The van der Waals surface area contributed by atoms with Gasteiger partial charge in [-0.3, -0.25) is 4.79 Å². The summed E-state index contributed by atoms with van der Waals surface area (Å²) in [5, 5.41) is 12.7. The van der Waals surface area contributed by atoms with Crippen molar-refractivity contribution in [1.29, 1.82) is 0 Å². The second-order valence-corrected chi connectivity index (χ2v) is 8.98. The lowest BCUT2D eigenvalue weighted by atomic mass is 10.1. The average Bonchev–Trinajstić information content (AvgIpc) is 3.19. The molecule has 31 heavy (non-hydrogen) atoms. The zero-order chi connectivity index (χ0) is 21.8. The first-order valence-corrected chi connectivity index (χ1v) is 11.7. The molecule has 156 valence electrons. The summed E-state index contributed by atoms with van der Waals surface area (Å²) in [6, 6.07) is 21.1. The number of nitrogens with one attached hydrogen (secondary N) is 1. The van der Waals surface area contributed by atoms with Crippen LogP contribution >= 0.6 is 23.1 Å². The number of carbonyl (C=O) groups is 2. The lowest BCUT2D eigenvalue weighted by Gasteiger charge is -2.05. The number of amides is 1. The first-order chi connectivity index (χ1) is 15.0. The van der Waals surface area contributed by atoms with Crippen LogP contribution in [-0.4, -0.2) is 28.2 Å². The molecule has 0 aliphatic heterocycles. The lowest BCUT2D eigenvalue weighted by Crippen LogP contribution is -2.24. The van der Waals surface area contributed by atoms with Gasteiger partial charge in [-0.2, -0.15) is 0 Å². The molecule has 0 bridgehead atoms. The Bertz CT molecular complexity index is 1270. The molecule has 0 saturated carbocycles. The van der Waals surface area contributed by atoms with E-state index in [1.807, 2.05) is 6.07 Å². The van der Waals surface area contributed by atoms with Crippen LogP contribution in [0.15, 0.2) is 71.6 Å². The molecular weight excluding hydrogens is 428 g/mol. The fraction of sp³-hybridized carbons (Fsp3) is 0.125. The van der Waals surface area contributed by atoms with Gasteiger partial charge in [-0.05, 0) is 59.3 Å². The number of carbonyl (C=O) groups excluding carboxylic acids is 1. The molecule has 0 spiro atoms. The van der Waals surface area contributed by atoms with Gasteiger partial charge in [0, 0.05) is 11.4 Å². The Morgan fingerprint density at radius 3 is 2.65 bits per heavy atom. The van der Waals surface area contributed by atoms with E-state index in [0.29, 0.717) is 0 Å². The highest BCUT2D eigenvalue weighted by molar-refractivity contribution is 7.98. The van der Waals surface area contributed by atoms with E-state index in [9.17, 15) is 9.59 Å². The third-order valence-electron chi connectivity index (χ3n) is 4.81. The molecule has 1 aromatic heterocycles. The minimum atomic E-state index is -0.984. The number of fused-ring (bicyclic) bond motifs is 1. The third kappa shape index (κ3) is 5.13. The Morgan fingerprint density at radius 1 is 1.03 bits per heavy atom. The van der Waals surface area contributed by atoms with E-state index in [4.69, 9.17) is 5.11 Å². The predicted molar refractivity (Wildman–Crippen MR) is 126 cm³/mol. The van der Waals surface area contributed by atoms with Crippen molar-refractivity contribution in [2.75, 3.05) is 6.26 Å². The minimum Gasteiger partial charge on any atom is -0.478 e. The van der Waals surface area contributed by atoms with Crippen molar-refractivity contribution in [1.82, 2.24) is 10.3 Å². The summed E-state index contributed by atoms with van der Waals surface area (Å²) < 4.78 is 1.05. The number of hydrogen-bond acceptors (Lipinski definition) is 5. The van der Waals surface area contributed by atoms with Crippen molar-refractivity contribution >= 4 is 45.2 Å². The van der Waals surface area contributed by atoms with E-state index >= 15 is 0 Å². The van der Waals surface area contributed by atoms with Crippen LogP contribution in [0.2, 0.25) is 0 Å². The Hall–Kier alpha value is -3.16. The normalized spacial score (nSPS) is 10.9. The molecule has 0 unspecified atom stereocenters. The van der Waals surface area contributed by atoms with Crippen molar-refractivity contribution in [2.24, 2.45) is 0 Å². The van der Waals surface area contributed by atoms with Gasteiger partial charge in [0.2, 0.25) is 5.91 Å². The highest BCUT2D eigenvalue weighted by Gasteiger charge is 2.11. The molecule has 0 atom stereocenters. The van der Waals surface area contributed by atoms with Gasteiger partial charge in [0.25, 0.3) is 0 Å². The molecule has 0 radical (unpaired) electrons. The van der Waals surface area contributed by atoms with Crippen LogP contribution < -0.4 is 5.32 Å². The third-order valence-corrected chi connectivity index (χ3v) is 6.55. The highest BCUT2D eigenvalue weighted by Crippen LogP contribution is 2.30. The van der Waals surface area contributed by atoms with Gasteiger partial charge in [0.05, 0.1) is 22.2 Å².